The Labute approximate surface area is 175 Å². The molecule has 1 fully saturated rings. The van der Waals surface area contributed by atoms with Gasteiger partial charge in [0.1, 0.15) is 11.8 Å². The molecule has 0 aromatic heterocycles. The molecule has 0 radical (unpaired) electrons. The molecule has 2 aromatic rings. The second kappa shape index (κ2) is 10.4. The molecule has 8 nitrogen and oxygen atoms in total. The van der Waals surface area contributed by atoms with Crippen molar-refractivity contribution in [2.24, 2.45) is 0 Å². The number of amides is 2. The Morgan fingerprint density at radius 3 is 2.50 bits per heavy atom. The normalized spacial score (nSPS) is 14.9. The summed E-state index contributed by atoms with van der Waals surface area (Å²) < 4.78 is 10.7. The van der Waals surface area contributed by atoms with Crippen molar-refractivity contribution in [3.8, 4) is 11.8 Å². The number of anilines is 1. The van der Waals surface area contributed by atoms with Crippen LogP contribution in [0, 0.1) is 11.3 Å². The maximum absolute atomic E-state index is 12.4. The Kier molecular flexibility index (Phi) is 7.38. The van der Waals surface area contributed by atoms with Crippen molar-refractivity contribution >= 4 is 17.5 Å². The molecule has 1 atom stereocenters. The van der Waals surface area contributed by atoms with E-state index in [1.54, 1.807) is 31.4 Å². The molecular formula is C22H24N4O4. The van der Waals surface area contributed by atoms with E-state index in [-0.39, 0.29) is 12.6 Å². The Morgan fingerprint density at radius 2 is 1.83 bits per heavy atom. The number of carbonyl (C=O) groups excluding carboxylic acids is 2. The molecule has 3 rings (SSSR count). The zero-order valence-electron chi connectivity index (χ0n) is 16.8. The lowest BCUT2D eigenvalue weighted by Crippen LogP contribution is -2.45. The van der Waals surface area contributed by atoms with Gasteiger partial charge < -0.3 is 20.1 Å². The highest BCUT2D eigenvalue weighted by molar-refractivity contribution is 6.39. The lowest BCUT2D eigenvalue weighted by atomic mass is 10.0. The van der Waals surface area contributed by atoms with Crippen LogP contribution in [0.4, 0.5) is 5.69 Å². The molecule has 156 valence electrons. The molecule has 2 amide bonds. The third-order valence-corrected chi connectivity index (χ3v) is 4.94. The van der Waals surface area contributed by atoms with Gasteiger partial charge in [0.15, 0.2) is 0 Å². The molecule has 1 aliphatic heterocycles. The number of para-hydroxylation sites is 1. The molecule has 1 saturated heterocycles. The summed E-state index contributed by atoms with van der Waals surface area (Å²) >= 11 is 0. The van der Waals surface area contributed by atoms with E-state index < -0.39 is 11.8 Å². The van der Waals surface area contributed by atoms with Crippen molar-refractivity contribution in [1.29, 1.82) is 5.26 Å². The number of nitriles is 1. The molecular weight excluding hydrogens is 384 g/mol. The lowest BCUT2D eigenvalue weighted by molar-refractivity contribution is -0.136. The highest BCUT2D eigenvalue weighted by atomic mass is 16.5. The number of rotatable bonds is 6. The molecule has 1 heterocycles. The maximum atomic E-state index is 12.4. The monoisotopic (exact) mass is 408 g/mol. The van der Waals surface area contributed by atoms with E-state index in [1.807, 2.05) is 30.3 Å². The number of ether oxygens (including phenoxy) is 2. The highest BCUT2D eigenvalue weighted by Gasteiger charge is 2.24. The van der Waals surface area contributed by atoms with E-state index in [0.29, 0.717) is 24.5 Å². The maximum Gasteiger partial charge on any atom is 0.313 e. The van der Waals surface area contributed by atoms with Crippen LogP contribution in [0.3, 0.4) is 0 Å². The van der Waals surface area contributed by atoms with Gasteiger partial charge in [-0.25, -0.2) is 0 Å². The molecule has 8 heteroatoms. The summed E-state index contributed by atoms with van der Waals surface area (Å²) in [6, 6.07) is 16.1. The first-order chi connectivity index (χ1) is 14.6. The molecule has 0 saturated carbocycles. The van der Waals surface area contributed by atoms with Crippen LogP contribution in [-0.2, 0) is 14.3 Å². The predicted octanol–water partition coefficient (Wildman–Crippen LogP) is 1.70. The molecule has 2 aromatic carbocycles. The van der Waals surface area contributed by atoms with E-state index in [4.69, 9.17) is 14.7 Å². The average molecular weight is 408 g/mol. The first-order valence-electron chi connectivity index (χ1n) is 9.66. The summed E-state index contributed by atoms with van der Waals surface area (Å²) in [6.45, 7) is 2.96. The van der Waals surface area contributed by atoms with Crippen LogP contribution >= 0.6 is 0 Å². The zero-order valence-corrected chi connectivity index (χ0v) is 16.8. The van der Waals surface area contributed by atoms with Crippen LogP contribution in [-0.4, -0.2) is 56.7 Å². The van der Waals surface area contributed by atoms with Crippen LogP contribution in [0.15, 0.2) is 48.5 Å². The van der Waals surface area contributed by atoms with Crippen molar-refractivity contribution < 1.29 is 19.1 Å². The highest BCUT2D eigenvalue weighted by Crippen LogP contribution is 2.23. The van der Waals surface area contributed by atoms with Gasteiger partial charge in [0.25, 0.3) is 0 Å². The fraction of sp³-hybridized carbons (Fsp3) is 0.318. The van der Waals surface area contributed by atoms with E-state index in [1.165, 1.54) is 0 Å². The van der Waals surface area contributed by atoms with Crippen molar-refractivity contribution in [2.45, 2.75) is 6.04 Å². The van der Waals surface area contributed by atoms with Crippen molar-refractivity contribution in [3.05, 3.63) is 59.7 Å². The minimum atomic E-state index is -0.812. The number of nitrogens with zero attached hydrogens (tertiary/aromatic N) is 2. The molecule has 1 unspecified atom stereocenters. The van der Waals surface area contributed by atoms with Gasteiger partial charge in [-0.15, -0.1) is 0 Å². The van der Waals surface area contributed by atoms with Gasteiger partial charge in [-0.2, -0.15) is 5.26 Å². The second-order valence-electron chi connectivity index (χ2n) is 6.76. The molecule has 0 aliphatic carbocycles. The van der Waals surface area contributed by atoms with Gasteiger partial charge in [-0.3, -0.25) is 14.5 Å². The molecule has 0 spiro atoms. The topological polar surface area (TPSA) is 104 Å². The Bertz CT molecular complexity index is 917. The van der Waals surface area contributed by atoms with Crippen LogP contribution in [0.1, 0.15) is 17.2 Å². The second-order valence-corrected chi connectivity index (χ2v) is 6.76. The van der Waals surface area contributed by atoms with Crippen LogP contribution < -0.4 is 15.4 Å². The summed E-state index contributed by atoms with van der Waals surface area (Å²) in [5.74, 6) is -0.818. The number of carbonyl (C=O) groups is 2. The predicted molar refractivity (Wildman–Crippen MR) is 111 cm³/mol. The van der Waals surface area contributed by atoms with Gasteiger partial charge in [0.2, 0.25) is 0 Å². The summed E-state index contributed by atoms with van der Waals surface area (Å²) in [5, 5.41) is 14.3. The summed E-state index contributed by atoms with van der Waals surface area (Å²) in [4.78, 5) is 26.9. The lowest BCUT2D eigenvalue weighted by Gasteiger charge is -2.34. The smallest absolute Gasteiger partial charge is 0.313 e. The van der Waals surface area contributed by atoms with E-state index in [0.717, 1.165) is 24.4 Å². The third-order valence-electron chi connectivity index (χ3n) is 4.94. The summed E-state index contributed by atoms with van der Waals surface area (Å²) in [7, 11) is 1.61. The molecule has 30 heavy (non-hydrogen) atoms. The fourth-order valence-electron chi connectivity index (χ4n) is 3.31. The summed E-state index contributed by atoms with van der Waals surface area (Å²) in [6.07, 6.45) is 0. The quantitative estimate of drug-likeness (QED) is 0.705. The zero-order chi connectivity index (χ0) is 21.3. The SMILES string of the molecule is COc1ccc(C(CNC(=O)C(=O)Nc2ccccc2C#N)N2CCOCC2)cc1. The van der Waals surface area contributed by atoms with E-state index >= 15 is 0 Å². The Hall–Kier alpha value is -3.41. The van der Waals surface area contributed by atoms with Gasteiger partial charge in [0, 0.05) is 19.6 Å². The Balaban J connectivity index is 1.67. The molecule has 0 bridgehead atoms. The number of morpholine rings is 1. The average Bonchev–Trinajstić information content (AvgIpc) is 2.80. The minimum absolute atomic E-state index is 0.108. The van der Waals surface area contributed by atoms with E-state index in [2.05, 4.69) is 15.5 Å². The van der Waals surface area contributed by atoms with Crippen LogP contribution in [0.2, 0.25) is 0 Å². The van der Waals surface area contributed by atoms with Gasteiger partial charge >= 0.3 is 11.8 Å². The Morgan fingerprint density at radius 1 is 1.13 bits per heavy atom. The largest absolute Gasteiger partial charge is 0.497 e. The minimum Gasteiger partial charge on any atom is -0.497 e. The number of benzene rings is 2. The van der Waals surface area contributed by atoms with Gasteiger partial charge in [-0.05, 0) is 29.8 Å². The number of nitrogens with one attached hydrogen (secondary N) is 2. The van der Waals surface area contributed by atoms with Crippen molar-refractivity contribution in [1.82, 2.24) is 10.2 Å². The first-order valence-corrected chi connectivity index (χ1v) is 9.66. The standard InChI is InChI=1S/C22H24N4O4/c1-29-18-8-6-16(7-9-18)20(26-10-12-30-13-11-26)15-24-21(27)22(28)25-19-5-3-2-4-17(19)14-23/h2-9,20H,10-13,15H2,1H3,(H,24,27)(H,25,28). The van der Waals surface area contributed by atoms with Crippen LogP contribution in [0.5, 0.6) is 5.75 Å². The molecule has 2 N–H and O–H groups in total. The van der Waals surface area contributed by atoms with Gasteiger partial charge in [-0.1, -0.05) is 24.3 Å². The summed E-state index contributed by atoms with van der Waals surface area (Å²) in [5.41, 5.74) is 1.61. The number of methoxy groups -OCH3 is 1. The molecule has 1 aliphatic rings. The van der Waals surface area contributed by atoms with Crippen molar-refractivity contribution in [3.63, 3.8) is 0 Å². The number of hydrogen-bond donors (Lipinski definition) is 2. The third kappa shape index (κ3) is 5.35. The number of hydrogen-bond acceptors (Lipinski definition) is 6. The van der Waals surface area contributed by atoms with E-state index in [9.17, 15) is 9.59 Å². The van der Waals surface area contributed by atoms with Gasteiger partial charge in [0.05, 0.1) is 37.6 Å². The van der Waals surface area contributed by atoms with Crippen molar-refractivity contribution in [2.75, 3.05) is 45.3 Å². The fourth-order valence-corrected chi connectivity index (χ4v) is 3.31. The first kappa shape index (κ1) is 21.3. The van der Waals surface area contributed by atoms with Crippen LogP contribution in [0.25, 0.3) is 0 Å².